The molecule has 0 aliphatic heterocycles. The van der Waals surface area contributed by atoms with Crippen LogP contribution in [0.3, 0.4) is 0 Å². The Hall–Kier alpha value is -2.60. The van der Waals surface area contributed by atoms with E-state index >= 15 is 0 Å². The largest absolute Gasteiger partial charge is 0.484 e. The number of carbonyl (C=O) groups is 2. The molecule has 3 saturated carbocycles. The first-order valence-corrected chi connectivity index (χ1v) is 9.90. The van der Waals surface area contributed by atoms with Gasteiger partial charge in [-0.15, -0.1) is 0 Å². The summed E-state index contributed by atoms with van der Waals surface area (Å²) in [6.07, 6.45) is 1.92. The number of aryl methyl sites for hydroxylation is 1. The third kappa shape index (κ3) is 3.94. The summed E-state index contributed by atoms with van der Waals surface area (Å²) in [4.78, 5) is 24.7. The molecule has 0 unspecified atom stereocenters. The van der Waals surface area contributed by atoms with Crippen LogP contribution in [0.2, 0.25) is 5.02 Å². The SMILES string of the molecule is Cc1ccc(CNC(=O)C23CC(NC(=O)COc4ccc(Cl)c(F)c4)(C2)C3)cc1. The van der Waals surface area contributed by atoms with Crippen LogP contribution in [0.15, 0.2) is 42.5 Å². The third-order valence-corrected chi connectivity index (χ3v) is 6.06. The summed E-state index contributed by atoms with van der Waals surface area (Å²) in [6.45, 7) is 2.32. The zero-order valence-electron chi connectivity index (χ0n) is 16.1. The van der Waals surface area contributed by atoms with Gasteiger partial charge in [0.2, 0.25) is 5.91 Å². The average molecular weight is 417 g/mol. The first-order valence-electron chi connectivity index (χ1n) is 9.52. The molecule has 0 heterocycles. The Morgan fingerprint density at radius 1 is 1.14 bits per heavy atom. The van der Waals surface area contributed by atoms with E-state index in [1.807, 2.05) is 31.2 Å². The van der Waals surface area contributed by atoms with Crippen LogP contribution in [0.4, 0.5) is 4.39 Å². The van der Waals surface area contributed by atoms with E-state index in [4.69, 9.17) is 16.3 Å². The number of carbonyl (C=O) groups excluding carboxylic acids is 2. The van der Waals surface area contributed by atoms with E-state index in [9.17, 15) is 14.0 Å². The van der Waals surface area contributed by atoms with Gasteiger partial charge in [-0.05, 0) is 43.9 Å². The lowest BCUT2D eigenvalue weighted by molar-refractivity contribution is -0.184. The van der Waals surface area contributed by atoms with Gasteiger partial charge in [-0.2, -0.15) is 0 Å². The van der Waals surface area contributed by atoms with Crippen LogP contribution < -0.4 is 15.4 Å². The molecule has 0 atom stereocenters. The monoisotopic (exact) mass is 416 g/mol. The minimum absolute atomic E-state index is 0.00150. The van der Waals surface area contributed by atoms with Crippen LogP contribution in [0.1, 0.15) is 30.4 Å². The Bertz CT molecular complexity index is 941. The first-order chi connectivity index (χ1) is 13.8. The van der Waals surface area contributed by atoms with Crippen LogP contribution >= 0.6 is 11.6 Å². The number of hydrogen-bond donors (Lipinski definition) is 2. The van der Waals surface area contributed by atoms with Crippen molar-refractivity contribution in [2.45, 2.75) is 38.3 Å². The van der Waals surface area contributed by atoms with Gasteiger partial charge in [-0.3, -0.25) is 9.59 Å². The molecule has 152 valence electrons. The van der Waals surface area contributed by atoms with E-state index in [-0.39, 0.29) is 40.1 Å². The second kappa shape index (κ2) is 7.34. The molecule has 2 bridgehead atoms. The highest BCUT2D eigenvalue weighted by Gasteiger charge is 2.72. The summed E-state index contributed by atoms with van der Waals surface area (Å²) >= 11 is 5.62. The average Bonchev–Trinajstić information content (AvgIpc) is 2.63. The molecule has 3 aliphatic rings. The molecule has 2 aromatic carbocycles. The van der Waals surface area contributed by atoms with Crippen molar-refractivity contribution in [2.24, 2.45) is 5.41 Å². The molecule has 0 aromatic heterocycles. The molecule has 29 heavy (non-hydrogen) atoms. The minimum atomic E-state index is -0.595. The van der Waals surface area contributed by atoms with Crippen molar-refractivity contribution >= 4 is 23.4 Å². The number of benzene rings is 2. The zero-order valence-corrected chi connectivity index (χ0v) is 16.8. The fraction of sp³-hybridized carbons (Fsp3) is 0.364. The summed E-state index contributed by atoms with van der Waals surface area (Å²) in [5.74, 6) is -0.593. The lowest BCUT2D eigenvalue weighted by Crippen LogP contribution is -2.78. The van der Waals surface area contributed by atoms with Gasteiger partial charge in [0.25, 0.3) is 5.91 Å². The van der Waals surface area contributed by atoms with E-state index in [1.54, 1.807) is 0 Å². The van der Waals surface area contributed by atoms with Crippen LogP contribution in [-0.4, -0.2) is 24.0 Å². The number of rotatable bonds is 7. The van der Waals surface area contributed by atoms with Crippen LogP contribution in [-0.2, 0) is 16.1 Å². The summed E-state index contributed by atoms with van der Waals surface area (Å²) in [5, 5.41) is 5.96. The number of ether oxygens (including phenoxy) is 1. The number of hydrogen-bond acceptors (Lipinski definition) is 3. The van der Waals surface area contributed by atoms with E-state index in [1.165, 1.54) is 17.7 Å². The van der Waals surface area contributed by atoms with Gasteiger partial charge in [0, 0.05) is 18.2 Å². The highest BCUT2D eigenvalue weighted by molar-refractivity contribution is 6.30. The maximum atomic E-state index is 13.4. The maximum Gasteiger partial charge on any atom is 0.258 e. The van der Waals surface area contributed by atoms with E-state index in [2.05, 4.69) is 10.6 Å². The zero-order chi connectivity index (χ0) is 20.6. The van der Waals surface area contributed by atoms with Gasteiger partial charge in [0.15, 0.2) is 6.61 Å². The Kier molecular flexibility index (Phi) is 4.99. The van der Waals surface area contributed by atoms with Crippen molar-refractivity contribution < 1.29 is 18.7 Å². The summed E-state index contributed by atoms with van der Waals surface area (Å²) in [7, 11) is 0. The van der Waals surface area contributed by atoms with E-state index in [0.717, 1.165) is 11.6 Å². The Morgan fingerprint density at radius 2 is 1.83 bits per heavy atom. The van der Waals surface area contributed by atoms with Gasteiger partial charge in [-0.1, -0.05) is 41.4 Å². The predicted molar refractivity (Wildman–Crippen MR) is 107 cm³/mol. The maximum absolute atomic E-state index is 13.4. The molecule has 2 amide bonds. The number of halogens is 2. The number of nitrogens with one attached hydrogen (secondary N) is 2. The summed E-state index contributed by atoms with van der Waals surface area (Å²) in [5.41, 5.74) is 1.57. The molecule has 2 aromatic rings. The lowest BCUT2D eigenvalue weighted by atomic mass is 9.39. The smallest absolute Gasteiger partial charge is 0.258 e. The molecular weight excluding hydrogens is 395 g/mol. The second-order valence-corrected chi connectivity index (χ2v) is 8.58. The number of amides is 2. The van der Waals surface area contributed by atoms with E-state index < -0.39 is 5.82 Å². The highest BCUT2D eigenvalue weighted by atomic mass is 35.5. The molecule has 5 nitrogen and oxygen atoms in total. The highest BCUT2D eigenvalue weighted by Crippen LogP contribution is 2.67. The predicted octanol–water partition coefficient (Wildman–Crippen LogP) is 3.52. The van der Waals surface area contributed by atoms with Gasteiger partial charge in [-0.25, -0.2) is 4.39 Å². The minimum Gasteiger partial charge on any atom is -0.484 e. The van der Waals surface area contributed by atoms with Crippen LogP contribution in [0, 0.1) is 18.2 Å². The van der Waals surface area contributed by atoms with Gasteiger partial charge >= 0.3 is 0 Å². The molecule has 5 rings (SSSR count). The van der Waals surface area contributed by atoms with Crippen molar-refractivity contribution in [1.82, 2.24) is 10.6 Å². The third-order valence-electron chi connectivity index (χ3n) is 5.75. The summed E-state index contributed by atoms with van der Waals surface area (Å²) < 4.78 is 18.7. The van der Waals surface area contributed by atoms with Gasteiger partial charge in [0.05, 0.1) is 10.4 Å². The fourth-order valence-electron chi connectivity index (χ4n) is 4.28. The quantitative estimate of drug-likeness (QED) is 0.725. The van der Waals surface area contributed by atoms with Crippen molar-refractivity contribution in [1.29, 1.82) is 0 Å². The van der Waals surface area contributed by atoms with E-state index in [0.29, 0.717) is 25.8 Å². The van der Waals surface area contributed by atoms with Gasteiger partial charge in [0.1, 0.15) is 11.6 Å². The van der Waals surface area contributed by atoms with Crippen LogP contribution in [0.5, 0.6) is 5.75 Å². The van der Waals surface area contributed by atoms with Crippen molar-refractivity contribution in [3.63, 3.8) is 0 Å². The molecule has 0 radical (unpaired) electrons. The second-order valence-electron chi connectivity index (χ2n) is 8.17. The molecule has 0 spiro atoms. The lowest BCUT2D eigenvalue weighted by Gasteiger charge is -2.69. The Balaban J connectivity index is 1.21. The summed E-state index contributed by atoms with van der Waals surface area (Å²) in [6, 6.07) is 12.1. The molecule has 3 aliphatic carbocycles. The Morgan fingerprint density at radius 3 is 2.48 bits per heavy atom. The molecule has 7 heteroatoms. The first kappa shape index (κ1) is 19.7. The van der Waals surface area contributed by atoms with Crippen molar-refractivity contribution in [3.05, 3.63) is 64.4 Å². The molecule has 2 N–H and O–H groups in total. The van der Waals surface area contributed by atoms with Crippen molar-refractivity contribution in [3.8, 4) is 5.75 Å². The van der Waals surface area contributed by atoms with Gasteiger partial charge < -0.3 is 15.4 Å². The molecular formula is C22H22ClFN2O3. The molecule has 0 saturated heterocycles. The normalized spacial score (nSPS) is 24.1. The standard InChI is InChI=1S/C22H22ClFN2O3/c1-14-2-4-15(5-3-14)9-25-20(28)21-11-22(12-21,13-21)26-19(27)10-29-16-6-7-17(23)18(24)8-16/h2-8H,9-13H2,1H3,(H,25,28)(H,26,27). The fourth-order valence-corrected chi connectivity index (χ4v) is 4.40. The van der Waals surface area contributed by atoms with Crippen LogP contribution in [0.25, 0.3) is 0 Å². The topological polar surface area (TPSA) is 67.4 Å². The Labute approximate surface area is 173 Å². The van der Waals surface area contributed by atoms with Crippen molar-refractivity contribution in [2.75, 3.05) is 6.61 Å². The molecule has 3 fully saturated rings.